The van der Waals surface area contributed by atoms with Crippen molar-refractivity contribution in [2.75, 3.05) is 11.9 Å². The number of carbonyl (C=O) groups excluding carboxylic acids is 1. The van der Waals surface area contributed by atoms with Crippen molar-refractivity contribution >= 4 is 17.7 Å². The minimum atomic E-state index is -0.509. The molecule has 0 spiro atoms. The molecule has 6 heteroatoms. The zero-order valence-corrected chi connectivity index (χ0v) is 16.6. The molecule has 0 unspecified atom stereocenters. The summed E-state index contributed by atoms with van der Waals surface area (Å²) in [6.45, 7) is 0.408. The standard InChI is InChI=1S/C25H19N3O3/c26-14-15-30-23-10-6-19(7-11-23)16-21(17-27)25(29)28-22-8-12-24(13-9-22)31-18-20-4-2-1-3-5-20/h1-13,16H,15,18H2,(H,28,29)/b21-16+. The van der Waals surface area contributed by atoms with Crippen LogP contribution in [0.2, 0.25) is 0 Å². The molecular weight excluding hydrogens is 390 g/mol. The Hall–Kier alpha value is -4.55. The van der Waals surface area contributed by atoms with Crippen LogP contribution in [-0.4, -0.2) is 12.5 Å². The van der Waals surface area contributed by atoms with Gasteiger partial charge >= 0.3 is 0 Å². The molecular formula is C25H19N3O3. The lowest BCUT2D eigenvalue weighted by molar-refractivity contribution is -0.112. The van der Waals surface area contributed by atoms with Gasteiger partial charge in [-0.3, -0.25) is 4.79 Å². The number of amides is 1. The van der Waals surface area contributed by atoms with Crippen molar-refractivity contribution in [1.82, 2.24) is 0 Å². The molecule has 0 atom stereocenters. The van der Waals surface area contributed by atoms with Crippen LogP contribution in [0.4, 0.5) is 5.69 Å². The second-order valence-electron chi connectivity index (χ2n) is 6.44. The van der Waals surface area contributed by atoms with Gasteiger partial charge in [-0.15, -0.1) is 0 Å². The first-order chi connectivity index (χ1) is 15.2. The highest BCUT2D eigenvalue weighted by atomic mass is 16.5. The smallest absolute Gasteiger partial charge is 0.266 e. The molecule has 152 valence electrons. The Labute approximate surface area is 180 Å². The summed E-state index contributed by atoms with van der Waals surface area (Å²) < 4.78 is 10.9. The molecule has 0 saturated carbocycles. The molecule has 3 aromatic carbocycles. The molecule has 0 heterocycles. The molecule has 0 aromatic heterocycles. The minimum absolute atomic E-state index is 0.0323. The second kappa shape index (κ2) is 10.8. The first-order valence-corrected chi connectivity index (χ1v) is 9.47. The number of carbonyl (C=O) groups is 1. The largest absolute Gasteiger partial charge is 0.489 e. The van der Waals surface area contributed by atoms with Crippen LogP contribution in [0.5, 0.6) is 11.5 Å². The van der Waals surface area contributed by atoms with E-state index < -0.39 is 5.91 Å². The molecule has 0 aliphatic carbocycles. The monoisotopic (exact) mass is 409 g/mol. The Bertz CT molecular complexity index is 1120. The molecule has 0 bridgehead atoms. The Balaban J connectivity index is 1.59. The third-order valence-electron chi connectivity index (χ3n) is 4.22. The molecule has 0 radical (unpaired) electrons. The summed E-state index contributed by atoms with van der Waals surface area (Å²) in [4.78, 5) is 12.5. The van der Waals surface area contributed by atoms with Crippen molar-refractivity contribution in [3.63, 3.8) is 0 Å². The molecule has 6 nitrogen and oxygen atoms in total. The van der Waals surface area contributed by atoms with Gasteiger partial charge in [-0.2, -0.15) is 10.5 Å². The first kappa shape index (κ1) is 21.2. The number of ether oxygens (including phenoxy) is 2. The number of rotatable bonds is 8. The van der Waals surface area contributed by atoms with E-state index in [0.29, 0.717) is 29.4 Å². The Morgan fingerprint density at radius 1 is 0.871 bits per heavy atom. The van der Waals surface area contributed by atoms with E-state index in [0.717, 1.165) is 5.56 Å². The summed E-state index contributed by atoms with van der Waals surface area (Å²) in [5.74, 6) is 0.707. The van der Waals surface area contributed by atoms with Crippen LogP contribution < -0.4 is 14.8 Å². The average molecular weight is 409 g/mol. The van der Waals surface area contributed by atoms with Crippen molar-refractivity contribution in [3.8, 4) is 23.6 Å². The number of nitrogens with zero attached hydrogens (tertiary/aromatic N) is 2. The van der Waals surface area contributed by atoms with Gasteiger partial charge in [-0.1, -0.05) is 42.5 Å². The minimum Gasteiger partial charge on any atom is -0.489 e. The number of benzene rings is 3. The van der Waals surface area contributed by atoms with Gasteiger partial charge in [0.2, 0.25) is 0 Å². The maximum Gasteiger partial charge on any atom is 0.266 e. The van der Waals surface area contributed by atoms with Gasteiger partial charge in [0.05, 0.1) is 0 Å². The number of hydrogen-bond donors (Lipinski definition) is 1. The summed E-state index contributed by atoms with van der Waals surface area (Å²) in [6.07, 6.45) is 1.49. The van der Waals surface area contributed by atoms with Crippen LogP contribution >= 0.6 is 0 Å². The van der Waals surface area contributed by atoms with Crippen molar-refractivity contribution in [3.05, 3.63) is 95.6 Å². The maximum absolute atomic E-state index is 12.5. The van der Waals surface area contributed by atoms with E-state index >= 15 is 0 Å². The second-order valence-corrected chi connectivity index (χ2v) is 6.44. The van der Waals surface area contributed by atoms with Gasteiger partial charge < -0.3 is 14.8 Å². The van der Waals surface area contributed by atoms with Crippen LogP contribution in [0.15, 0.2) is 84.4 Å². The van der Waals surface area contributed by atoms with E-state index in [2.05, 4.69) is 5.32 Å². The molecule has 0 aliphatic heterocycles. The van der Waals surface area contributed by atoms with E-state index in [1.807, 2.05) is 42.5 Å². The van der Waals surface area contributed by atoms with Crippen molar-refractivity contribution in [2.45, 2.75) is 6.61 Å². The molecule has 3 rings (SSSR count). The molecule has 31 heavy (non-hydrogen) atoms. The third-order valence-corrected chi connectivity index (χ3v) is 4.22. The topological polar surface area (TPSA) is 95.1 Å². The normalized spacial score (nSPS) is 10.5. The molecule has 1 amide bonds. The van der Waals surface area contributed by atoms with Gasteiger partial charge in [0.15, 0.2) is 6.61 Å². The molecule has 0 saturated heterocycles. The number of nitrogens with one attached hydrogen (secondary N) is 1. The van der Waals surface area contributed by atoms with Crippen LogP contribution in [0.1, 0.15) is 11.1 Å². The van der Waals surface area contributed by atoms with Crippen molar-refractivity contribution in [2.24, 2.45) is 0 Å². The molecule has 0 fully saturated rings. The predicted octanol–water partition coefficient (Wildman–Crippen LogP) is 4.71. The van der Waals surface area contributed by atoms with Crippen LogP contribution in [0.25, 0.3) is 6.08 Å². The van der Waals surface area contributed by atoms with Crippen LogP contribution in [-0.2, 0) is 11.4 Å². The van der Waals surface area contributed by atoms with Crippen molar-refractivity contribution < 1.29 is 14.3 Å². The number of hydrogen-bond acceptors (Lipinski definition) is 5. The summed E-state index contributed by atoms with van der Waals surface area (Å²) in [7, 11) is 0. The number of nitriles is 2. The maximum atomic E-state index is 12.5. The lowest BCUT2D eigenvalue weighted by Crippen LogP contribution is -2.13. The van der Waals surface area contributed by atoms with E-state index in [-0.39, 0.29) is 12.2 Å². The average Bonchev–Trinajstić information content (AvgIpc) is 2.82. The summed E-state index contributed by atoms with van der Waals surface area (Å²) in [6, 6.07) is 27.3. The molecule has 3 aromatic rings. The fourth-order valence-electron chi connectivity index (χ4n) is 2.66. The SMILES string of the molecule is N#CCOc1ccc(/C=C(\C#N)C(=O)Nc2ccc(OCc3ccccc3)cc2)cc1. The first-order valence-electron chi connectivity index (χ1n) is 9.47. The Kier molecular flexibility index (Phi) is 7.41. The Morgan fingerprint density at radius 3 is 2.16 bits per heavy atom. The highest BCUT2D eigenvalue weighted by molar-refractivity contribution is 6.09. The quantitative estimate of drug-likeness (QED) is 0.429. The summed E-state index contributed by atoms with van der Waals surface area (Å²) >= 11 is 0. The predicted molar refractivity (Wildman–Crippen MR) is 117 cm³/mol. The van der Waals surface area contributed by atoms with Crippen LogP contribution in [0.3, 0.4) is 0 Å². The third kappa shape index (κ3) is 6.49. The van der Waals surface area contributed by atoms with E-state index in [1.54, 1.807) is 48.5 Å². The number of anilines is 1. The van der Waals surface area contributed by atoms with Crippen LogP contribution in [0, 0.1) is 22.7 Å². The fourth-order valence-corrected chi connectivity index (χ4v) is 2.66. The van der Waals surface area contributed by atoms with Crippen molar-refractivity contribution in [1.29, 1.82) is 10.5 Å². The van der Waals surface area contributed by atoms with Gasteiger partial charge in [0, 0.05) is 5.69 Å². The highest BCUT2D eigenvalue weighted by Gasteiger charge is 2.10. The van der Waals surface area contributed by atoms with Gasteiger partial charge in [0.25, 0.3) is 5.91 Å². The fraction of sp³-hybridized carbons (Fsp3) is 0.0800. The lowest BCUT2D eigenvalue weighted by Gasteiger charge is -2.08. The summed E-state index contributed by atoms with van der Waals surface area (Å²) in [5, 5.41) is 20.6. The van der Waals surface area contributed by atoms with Gasteiger partial charge in [-0.05, 0) is 53.6 Å². The van der Waals surface area contributed by atoms with Gasteiger partial charge in [-0.25, -0.2) is 0 Å². The Morgan fingerprint density at radius 2 is 1.52 bits per heavy atom. The lowest BCUT2D eigenvalue weighted by atomic mass is 10.1. The molecule has 1 N–H and O–H groups in total. The highest BCUT2D eigenvalue weighted by Crippen LogP contribution is 2.19. The molecule has 0 aliphatic rings. The van der Waals surface area contributed by atoms with E-state index in [4.69, 9.17) is 14.7 Å². The zero-order valence-electron chi connectivity index (χ0n) is 16.6. The zero-order chi connectivity index (χ0) is 21.9. The van der Waals surface area contributed by atoms with E-state index in [1.165, 1.54) is 6.08 Å². The summed E-state index contributed by atoms with van der Waals surface area (Å²) in [5.41, 5.74) is 2.25. The van der Waals surface area contributed by atoms with E-state index in [9.17, 15) is 10.1 Å². The van der Waals surface area contributed by atoms with Gasteiger partial charge in [0.1, 0.15) is 35.8 Å².